The third kappa shape index (κ3) is 8.25. The molecule has 5 aliphatic rings. The number of nitrogens with one attached hydrogen (secondary N) is 2. The van der Waals surface area contributed by atoms with Crippen LogP contribution in [0.15, 0.2) is 78.3 Å². The Kier molecular flexibility index (Phi) is 11.6. The fraction of sp³-hybridized carbons (Fsp3) is 0.429. The zero-order chi connectivity index (χ0) is 44.6. The number of aromatic amines is 1. The molecule has 2 aromatic heterocycles. The van der Waals surface area contributed by atoms with Gasteiger partial charge in [0.2, 0.25) is 18.6 Å². The molecule has 10 rings (SSSR count). The Morgan fingerprint density at radius 3 is 2.42 bits per heavy atom. The number of likely N-dealkylation sites (tertiary alicyclic amines) is 1. The van der Waals surface area contributed by atoms with Crippen molar-refractivity contribution in [3.05, 3.63) is 84.3 Å². The number of amides is 3. The second-order valence-electron chi connectivity index (χ2n) is 17.5. The third-order valence-electron chi connectivity index (χ3n) is 13.6. The van der Waals surface area contributed by atoms with Gasteiger partial charge in [-0.2, -0.15) is 5.10 Å². The quantitative estimate of drug-likeness (QED) is 0.120. The number of rotatable bonds is 13. The van der Waals surface area contributed by atoms with E-state index in [1.807, 2.05) is 67.6 Å². The van der Waals surface area contributed by atoms with Gasteiger partial charge in [0.25, 0.3) is 0 Å². The number of nitrogens with zero attached hydrogens (tertiary/aromatic N) is 5. The topological polar surface area (TPSA) is 179 Å². The van der Waals surface area contributed by atoms with E-state index in [-0.39, 0.29) is 42.2 Å². The SMILES string of the molecule is COc1ccc(C2=NN(C3CCN(C(=O)[C@H](NC(=O)Oc4c[nH]c5c(-c6c(OCC7CC7)ccc7c6OCO7)ncnc45)[C@H](C)c4ccccc4)CC3)C(=O)[C@@H]3CCCC[C@H]23)cc1OC. The number of carbonyl (C=O) groups excluding carboxylic acids is 3. The second kappa shape index (κ2) is 18.0. The van der Waals surface area contributed by atoms with Crippen LogP contribution in [0, 0.1) is 17.8 Å². The molecular weight excluding hydrogens is 831 g/mol. The number of methoxy groups -OCH3 is 2. The average Bonchev–Trinajstić information content (AvgIpc) is 3.91. The summed E-state index contributed by atoms with van der Waals surface area (Å²) in [5.41, 5.74) is 4.67. The van der Waals surface area contributed by atoms with E-state index in [1.54, 1.807) is 30.3 Å². The number of hydrazone groups is 1. The van der Waals surface area contributed by atoms with Crippen LogP contribution in [0.5, 0.6) is 34.5 Å². The molecular formula is C49H53N7O9. The smallest absolute Gasteiger partial charge is 0.413 e. The van der Waals surface area contributed by atoms with Gasteiger partial charge in [-0.3, -0.25) is 9.59 Å². The molecule has 3 fully saturated rings. The van der Waals surface area contributed by atoms with Crippen LogP contribution in [-0.4, -0.2) is 101 Å². The molecule has 16 heteroatoms. The van der Waals surface area contributed by atoms with Crippen molar-refractivity contribution < 1.29 is 42.8 Å². The van der Waals surface area contributed by atoms with E-state index in [0.717, 1.165) is 55.4 Å². The summed E-state index contributed by atoms with van der Waals surface area (Å²) in [5.74, 6) is 2.86. The molecule has 3 aromatic carbocycles. The lowest BCUT2D eigenvalue weighted by Gasteiger charge is -2.44. The molecule has 338 valence electrons. The summed E-state index contributed by atoms with van der Waals surface area (Å²) in [6.45, 7) is 3.32. The predicted octanol–water partition coefficient (Wildman–Crippen LogP) is 7.46. The maximum absolute atomic E-state index is 14.6. The minimum Gasteiger partial charge on any atom is -0.493 e. The van der Waals surface area contributed by atoms with Gasteiger partial charge in [0.15, 0.2) is 28.7 Å². The Morgan fingerprint density at radius 2 is 1.65 bits per heavy atom. The number of piperidine rings is 1. The molecule has 0 radical (unpaired) electrons. The minimum absolute atomic E-state index is 0.0235. The first kappa shape index (κ1) is 42.1. The van der Waals surface area contributed by atoms with E-state index < -0.39 is 18.1 Å². The summed E-state index contributed by atoms with van der Waals surface area (Å²) in [7, 11) is 3.22. The summed E-state index contributed by atoms with van der Waals surface area (Å²) < 4.78 is 34.9. The molecule has 4 atom stereocenters. The van der Waals surface area contributed by atoms with Crippen molar-refractivity contribution in [2.75, 3.05) is 40.7 Å². The van der Waals surface area contributed by atoms with Crippen molar-refractivity contribution in [1.82, 2.24) is 30.2 Å². The number of fused-ring (bicyclic) bond motifs is 3. The molecule has 2 N–H and O–H groups in total. The number of carbonyl (C=O) groups is 3. The van der Waals surface area contributed by atoms with Crippen molar-refractivity contribution in [3.63, 3.8) is 0 Å². The van der Waals surface area contributed by atoms with Gasteiger partial charge in [0, 0.05) is 42.6 Å². The predicted molar refractivity (Wildman–Crippen MR) is 239 cm³/mol. The number of hydrogen-bond donors (Lipinski definition) is 2. The molecule has 3 amide bonds. The number of aromatic nitrogens is 3. The first-order valence-electron chi connectivity index (χ1n) is 22.6. The van der Waals surface area contributed by atoms with Crippen LogP contribution in [-0.2, 0) is 9.59 Å². The molecule has 3 aliphatic heterocycles. The van der Waals surface area contributed by atoms with Gasteiger partial charge in [0.05, 0.1) is 43.7 Å². The largest absolute Gasteiger partial charge is 0.493 e. The zero-order valence-electron chi connectivity index (χ0n) is 36.8. The number of hydrogen-bond acceptors (Lipinski definition) is 12. The summed E-state index contributed by atoms with van der Waals surface area (Å²) in [6.07, 6.45) is 9.20. The lowest BCUT2D eigenvalue weighted by atomic mass is 9.73. The average molecular weight is 884 g/mol. The Hall–Kier alpha value is -6.84. The van der Waals surface area contributed by atoms with Crippen LogP contribution in [0.3, 0.4) is 0 Å². The van der Waals surface area contributed by atoms with E-state index in [4.69, 9.17) is 33.5 Å². The van der Waals surface area contributed by atoms with Crippen LogP contribution in [0.25, 0.3) is 22.3 Å². The van der Waals surface area contributed by atoms with E-state index in [0.29, 0.717) is 89.5 Å². The van der Waals surface area contributed by atoms with Crippen molar-refractivity contribution >= 4 is 34.7 Å². The molecule has 0 unspecified atom stereocenters. The normalized spacial score (nSPS) is 20.4. The van der Waals surface area contributed by atoms with Crippen molar-refractivity contribution in [1.29, 1.82) is 0 Å². The van der Waals surface area contributed by atoms with Crippen molar-refractivity contribution in [3.8, 4) is 45.8 Å². The molecule has 1 saturated heterocycles. The molecule has 0 spiro atoms. The summed E-state index contributed by atoms with van der Waals surface area (Å²) in [6, 6.07) is 17.9. The maximum atomic E-state index is 14.6. The van der Waals surface area contributed by atoms with Crippen molar-refractivity contribution in [2.24, 2.45) is 22.9 Å². The molecule has 16 nitrogen and oxygen atoms in total. The van der Waals surface area contributed by atoms with Crippen LogP contribution in [0.4, 0.5) is 4.79 Å². The van der Waals surface area contributed by atoms with Crippen LogP contribution in [0.2, 0.25) is 0 Å². The summed E-state index contributed by atoms with van der Waals surface area (Å²) in [5, 5.41) is 9.72. The highest BCUT2D eigenvalue weighted by Crippen LogP contribution is 2.49. The second-order valence-corrected chi connectivity index (χ2v) is 17.5. The van der Waals surface area contributed by atoms with Gasteiger partial charge >= 0.3 is 6.09 Å². The monoisotopic (exact) mass is 883 g/mol. The fourth-order valence-corrected chi connectivity index (χ4v) is 9.80. The standard InChI is InChI=1S/C49H53N7O9/c1-28(30-9-5-4-6-10-30)41(53-49(59)65-39-24-50-45-43(39)51-26-52-44(45)40-36(62-25-29-13-14-29)17-18-37-46(40)64-27-63-37)48(58)55-21-19-32(20-22-55)56-47(57)34-12-8-7-11-33(34)42(54-56)31-15-16-35(60-2)38(23-31)61-3/h4-6,9-10,15-18,23-24,26,28-29,32-34,41,50H,7-8,11-14,19-22,25,27H2,1-3H3,(H,53,59)/t28-,33+,34-,41-/m1/s1. The van der Waals surface area contributed by atoms with E-state index in [9.17, 15) is 14.4 Å². The third-order valence-corrected chi connectivity index (χ3v) is 13.6. The number of H-pyrrole nitrogens is 1. The lowest BCUT2D eigenvalue weighted by Crippen LogP contribution is -2.56. The Morgan fingerprint density at radius 1 is 0.877 bits per heavy atom. The van der Waals surface area contributed by atoms with Crippen LogP contribution < -0.4 is 33.7 Å². The molecule has 0 bridgehead atoms. The minimum atomic E-state index is -0.971. The van der Waals surface area contributed by atoms with Crippen LogP contribution in [0.1, 0.15) is 75.3 Å². The fourth-order valence-electron chi connectivity index (χ4n) is 9.80. The first-order valence-corrected chi connectivity index (χ1v) is 22.6. The Bertz CT molecular complexity index is 2620. The molecule has 2 saturated carbocycles. The van der Waals surface area contributed by atoms with E-state index in [1.165, 1.54) is 6.33 Å². The van der Waals surface area contributed by atoms with Gasteiger partial charge < -0.3 is 43.6 Å². The van der Waals surface area contributed by atoms with Crippen molar-refractivity contribution in [2.45, 2.75) is 76.3 Å². The summed E-state index contributed by atoms with van der Waals surface area (Å²) in [4.78, 5) is 56.8. The number of benzene rings is 3. The van der Waals surface area contributed by atoms with Gasteiger partial charge in [-0.1, -0.05) is 50.1 Å². The highest BCUT2D eigenvalue weighted by atomic mass is 16.7. The highest BCUT2D eigenvalue weighted by molar-refractivity contribution is 6.07. The first-order chi connectivity index (χ1) is 31.8. The van der Waals surface area contributed by atoms with Crippen LogP contribution >= 0.6 is 0 Å². The number of ether oxygens (including phenoxy) is 6. The highest BCUT2D eigenvalue weighted by Gasteiger charge is 2.45. The lowest BCUT2D eigenvalue weighted by molar-refractivity contribution is -0.143. The Labute approximate surface area is 376 Å². The maximum Gasteiger partial charge on any atom is 0.413 e. The Balaban J connectivity index is 0.871. The van der Waals surface area contributed by atoms with Gasteiger partial charge in [-0.25, -0.2) is 19.8 Å². The van der Waals surface area contributed by atoms with E-state index in [2.05, 4.69) is 20.3 Å². The van der Waals surface area contributed by atoms with E-state index >= 15 is 0 Å². The van der Waals surface area contributed by atoms with Gasteiger partial charge in [-0.15, -0.1) is 0 Å². The zero-order valence-corrected chi connectivity index (χ0v) is 36.8. The molecule has 5 heterocycles. The van der Waals surface area contributed by atoms with Gasteiger partial charge in [0.1, 0.15) is 29.3 Å². The molecule has 65 heavy (non-hydrogen) atoms. The molecule has 2 aliphatic carbocycles. The van der Waals surface area contributed by atoms with Gasteiger partial charge in [-0.05, 0) is 80.3 Å². The summed E-state index contributed by atoms with van der Waals surface area (Å²) >= 11 is 0. The molecule has 5 aromatic rings.